The van der Waals surface area contributed by atoms with Crippen molar-refractivity contribution >= 4 is 21.6 Å². The Balaban J connectivity index is 1.77. The molecular weight excluding hydrogens is 404 g/mol. The minimum atomic E-state index is -3.72. The van der Waals surface area contributed by atoms with Gasteiger partial charge in [0.05, 0.1) is 18.1 Å². The summed E-state index contributed by atoms with van der Waals surface area (Å²) in [6, 6.07) is 11.0. The highest BCUT2D eigenvalue weighted by molar-refractivity contribution is 7.89. The lowest BCUT2D eigenvalue weighted by atomic mass is 10.2. The standard InChI is InChI=1S/C22H26N2O5S/c1-3-13-23-30(26,27)19-10-6-7-16(14-19)22(25)24-17-11-12-20(28-2)21(15-17)29-18-8-4-5-9-18/h3,6-7,10-12,14-15,18,23H,1,4-5,8-9,13H2,2H3,(H,24,25). The van der Waals surface area contributed by atoms with E-state index in [0.717, 1.165) is 25.7 Å². The van der Waals surface area contributed by atoms with Crippen LogP contribution in [0.15, 0.2) is 60.0 Å². The average molecular weight is 431 g/mol. The van der Waals surface area contributed by atoms with Crippen LogP contribution < -0.4 is 19.5 Å². The van der Waals surface area contributed by atoms with Gasteiger partial charge in [0.15, 0.2) is 11.5 Å². The molecule has 0 spiro atoms. The Morgan fingerprint density at radius 2 is 1.93 bits per heavy atom. The molecule has 1 aliphatic carbocycles. The van der Waals surface area contributed by atoms with Gasteiger partial charge in [-0.2, -0.15) is 0 Å². The van der Waals surface area contributed by atoms with E-state index in [1.165, 1.54) is 24.3 Å². The van der Waals surface area contributed by atoms with Gasteiger partial charge in [-0.15, -0.1) is 6.58 Å². The number of ether oxygens (including phenoxy) is 2. The monoisotopic (exact) mass is 430 g/mol. The third kappa shape index (κ3) is 5.40. The van der Waals surface area contributed by atoms with Crippen LogP contribution in [0.1, 0.15) is 36.0 Å². The minimum Gasteiger partial charge on any atom is -0.493 e. The molecule has 160 valence electrons. The molecular formula is C22H26N2O5S. The number of hydrogen-bond acceptors (Lipinski definition) is 5. The Morgan fingerprint density at radius 3 is 2.63 bits per heavy atom. The van der Waals surface area contributed by atoms with Gasteiger partial charge >= 0.3 is 0 Å². The summed E-state index contributed by atoms with van der Waals surface area (Å²) < 4.78 is 38.4. The van der Waals surface area contributed by atoms with Crippen LogP contribution in [0.25, 0.3) is 0 Å². The van der Waals surface area contributed by atoms with Gasteiger partial charge in [-0.25, -0.2) is 13.1 Å². The number of methoxy groups -OCH3 is 1. The normalized spacial score (nSPS) is 14.3. The first kappa shape index (κ1) is 21.9. The van der Waals surface area contributed by atoms with Crippen molar-refractivity contribution in [2.24, 2.45) is 0 Å². The van der Waals surface area contributed by atoms with E-state index in [1.54, 1.807) is 31.4 Å². The molecule has 3 rings (SSSR count). The fourth-order valence-electron chi connectivity index (χ4n) is 3.29. The quantitative estimate of drug-likeness (QED) is 0.591. The Kier molecular flexibility index (Phi) is 7.12. The van der Waals surface area contributed by atoms with Gasteiger partial charge in [0, 0.05) is 23.9 Å². The van der Waals surface area contributed by atoms with Gasteiger partial charge in [-0.05, 0) is 56.0 Å². The molecule has 2 aromatic carbocycles. The molecule has 0 bridgehead atoms. The molecule has 1 saturated carbocycles. The van der Waals surface area contributed by atoms with Crippen LogP contribution in [0.4, 0.5) is 5.69 Å². The molecule has 0 unspecified atom stereocenters. The lowest BCUT2D eigenvalue weighted by Crippen LogP contribution is -2.24. The van der Waals surface area contributed by atoms with Crippen molar-refractivity contribution in [2.75, 3.05) is 19.0 Å². The van der Waals surface area contributed by atoms with Crippen LogP contribution >= 0.6 is 0 Å². The highest BCUT2D eigenvalue weighted by Gasteiger charge is 2.19. The zero-order chi connectivity index (χ0) is 21.6. The predicted molar refractivity (Wildman–Crippen MR) is 116 cm³/mol. The van der Waals surface area contributed by atoms with E-state index < -0.39 is 15.9 Å². The second kappa shape index (κ2) is 9.77. The van der Waals surface area contributed by atoms with Gasteiger partial charge in [0.1, 0.15) is 0 Å². The first-order valence-corrected chi connectivity index (χ1v) is 11.3. The summed E-state index contributed by atoms with van der Waals surface area (Å²) in [7, 11) is -2.15. The summed E-state index contributed by atoms with van der Waals surface area (Å²) >= 11 is 0. The number of carbonyl (C=O) groups excluding carboxylic acids is 1. The summed E-state index contributed by atoms with van der Waals surface area (Å²) in [6.45, 7) is 3.60. The van der Waals surface area contributed by atoms with Gasteiger partial charge in [-0.1, -0.05) is 12.1 Å². The molecule has 1 fully saturated rings. The summed E-state index contributed by atoms with van der Waals surface area (Å²) in [5.41, 5.74) is 0.761. The SMILES string of the molecule is C=CCNS(=O)(=O)c1cccc(C(=O)Nc2ccc(OC)c(OC3CCCC3)c2)c1. The van der Waals surface area contributed by atoms with E-state index >= 15 is 0 Å². The van der Waals surface area contributed by atoms with Crippen LogP contribution in [0.2, 0.25) is 0 Å². The summed E-state index contributed by atoms with van der Waals surface area (Å²) in [6.07, 6.45) is 5.88. The Hall–Kier alpha value is -2.84. The number of hydrogen-bond donors (Lipinski definition) is 2. The molecule has 8 heteroatoms. The van der Waals surface area contributed by atoms with Gasteiger partial charge in [0.2, 0.25) is 10.0 Å². The Morgan fingerprint density at radius 1 is 1.17 bits per heavy atom. The maximum Gasteiger partial charge on any atom is 0.255 e. The highest BCUT2D eigenvalue weighted by atomic mass is 32.2. The molecule has 7 nitrogen and oxygen atoms in total. The number of carbonyl (C=O) groups is 1. The fraction of sp³-hybridized carbons (Fsp3) is 0.318. The lowest BCUT2D eigenvalue weighted by molar-refractivity contribution is 0.102. The topological polar surface area (TPSA) is 93.7 Å². The average Bonchev–Trinajstić information content (AvgIpc) is 3.26. The van der Waals surface area contributed by atoms with Gasteiger partial charge in [0.25, 0.3) is 5.91 Å². The third-order valence-electron chi connectivity index (χ3n) is 4.84. The van der Waals surface area contributed by atoms with Gasteiger partial charge in [-0.3, -0.25) is 4.79 Å². The first-order chi connectivity index (χ1) is 14.4. The van der Waals surface area contributed by atoms with E-state index in [4.69, 9.17) is 9.47 Å². The second-order valence-electron chi connectivity index (χ2n) is 7.01. The smallest absolute Gasteiger partial charge is 0.255 e. The number of sulfonamides is 1. The molecule has 2 N–H and O–H groups in total. The van der Waals surface area contributed by atoms with Crippen LogP contribution in [-0.2, 0) is 10.0 Å². The van der Waals surface area contributed by atoms with Crippen LogP contribution in [0.5, 0.6) is 11.5 Å². The van der Waals surface area contributed by atoms with Crippen molar-refractivity contribution in [1.82, 2.24) is 4.72 Å². The van der Waals surface area contributed by atoms with Crippen molar-refractivity contribution < 1.29 is 22.7 Å². The van der Waals surface area contributed by atoms with Crippen LogP contribution in [0.3, 0.4) is 0 Å². The van der Waals surface area contributed by atoms with Crippen LogP contribution in [0, 0.1) is 0 Å². The van der Waals surface area contributed by atoms with Crippen LogP contribution in [-0.4, -0.2) is 34.1 Å². The zero-order valence-electron chi connectivity index (χ0n) is 16.9. The Bertz CT molecular complexity index is 1010. The maximum atomic E-state index is 12.7. The Labute approximate surface area is 177 Å². The van der Waals surface area contributed by atoms with Crippen molar-refractivity contribution in [2.45, 2.75) is 36.7 Å². The number of benzene rings is 2. The zero-order valence-corrected chi connectivity index (χ0v) is 17.7. The number of anilines is 1. The summed E-state index contributed by atoms with van der Waals surface area (Å²) in [5, 5.41) is 2.79. The van der Waals surface area contributed by atoms with Crippen molar-refractivity contribution in [3.05, 3.63) is 60.7 Å². The molecule has 0 saturated heterocycles. The molecule has 2 aromatic rings. The van der Waals surface area contributed by atoms with Crippen molar-refractivity contribution in [1.29, 1.82) is 0 Å². The molecule has 30 heavy (non-hydrogen) atoms. The highest BCUT2D eigenvalue weighted by Crippen LogP contribution is 2.34. The molecule has 0 aromatic heterocycles. The van der Waals surface area contributed by atoms with Crippen molar-refractivity contribution in [3.8, 4) is 11.5 Å². The second-order valence-corrected chi connectivity index (χ2v) is 8.78. The lowest BCUT2D eigenvalue weighted by Gasteiger charge is -2.17. The summed E-state index contributed by atoms with van der Waals surface area (Å²) in [5.74, 6) is 0.751. The van der Waals surface area contributed by atoms with E-state index in [9.17, 15) is 13.2 Å². The van der Waals surface area contributed by atoms with Gasteiger partial charge < -0.3 is 14.8 Å². The van der Waals surface area contributed by atoms with Crippen molar-refractivity contribution in [3.63, 3.8) is 0 Å². The van der Waals surface area contributed by atoms with E-state index in [-0.39, 0.29) is 23.1 Å². The molecule has 1 amide bonds. The molecule has 0 atom stereocenters. The van der Waals surface area contributed by atoms with E-state index in [0.29, 0.717) is 17.2 Å². The predicted octanol–water partition coefficient (Wildman–Crippen LogP) is 3.73. The molecule has 0 radical (unpaired) electrons. The molecule has 0 heterocycles. The number of nitrogens with one attached hydrogen (secondary N) is 2. The fourth-order valence-corrected chi connectivity index (χ4v) is 4.34. The maximum absolute atomic E-state index is 12.7. The summed E-state index contributed by atoms with van der Waals surface area (Å²) in [4.78, 5) is 12.7. The van der Waals surface area contributed by atoms with E-state index in [2.05, 4.69) is 16.6 Å². The number of rotatable bonds is 9. The molecule has 1 aliphatic rings. The van der Waals surface area contributed by atoms with E-state index in [1.807, 2.05) is 0 Å². The third-order valence-corrected chi connectivity index (χ3v) is 6.26. The first-order valence-electron chi connectivity index (χ1n) is 9.79. The molecule has 0 aliphatic heterocycles. The minimum absolute atomic E-state index is 0.0111. The number of amides is 1. The largest absolute Gasteiger partial charge is 0.493 e.